The minimum Gasteiger partial charge on any atom is -0.379 e. The Balaban J connectivity index is 1.35. The van der Waals surface area contributed by atoms with Crippen molar-refractivity contribution in [2.24, 2.45) is 0 Å². The molecular weight excluding hydrogens is 320 g/mol. The summed E-state index contributed by atoms with van der Waals surface area (Å²) < 4.78 is 5.36. The molecule has 0 aromatic carbocycles. The lowest BCUT2D eigenvalue weighted by Gasteiger charge is -2.33. The predicted octanol–water partition coefficient (Wildman–Crippen LogP) is 0.465. The van der Waals surface area contributed by atoms with Crippen molar-refractivity contribution >= 4 is 12.0 Å². The van der Waals surface area contributed by atoms with E-state index in [9.17, 15) is 4.79 Å². The maximum absolute atomic E-state index is 12.1. The molecule has 8 nitrogen and oxygen atoms in total. The number of piperidine rings is 1. The van der Waals surface area contributed by atoms with Crippen molar-refractivity contribution in [2.45, 2.75) is 31.8 Å². The van der Waals surface area contributed by atoms with Gasteiger partial charge in [0.05, 0.1) is 13.2 Å². The van der Waals surface area contributed by atoms with Crippen LogP contribution in [0.5, 0.6) is 0 Å². The largest absolute Gasteiger partial charge is 0.379 e. The third-order valence-corrected chi connectivity index (χ3v) is 4.89. The standard InChI is InChI=1S/C17H28N6O2/c1-14(22-9-11-25-12-10-22)13-20-17(24)21-15-3-7-23(8-4-15)16-18-5-2-6-19-16/h2,5-6,14-15H,3-4,7-13H2,1H3,(H2,20,21,24). The molecule has 2 aliphatic heterocycles. The highest BCUT2D eigenvalue weighted by molar-refractivity contribution is 5.74. The van der Waals surface area contributed by atoms with Gasteiger partial charge in [0.2, 0.25) is 5.95 Å². The zero-order chi connectivity index (χ0) is 17.5. The summed E-state index contributed by atoms with van der Waals surface area (Å²) in [4.78, 5) is 25.2. The zero-order valence-corrected chi connectivity index (χ0v) is 14.9. The van der Waals surface area contributed by atoms with Crippen LogP contribution in [0.25, 0.3) is 0 Å². The van der Waals surface area contributed by atoms with Gasteiger partial charge in [-0.15, -0.1) is 0 Å². The van der Waals surface area contributed by atoms with E-state index in [1.54, 1.807) is 12.4 Å². The Hall–Kier alpha value is -1.93. The number of nitrogens with one attached hydrogen (secondary N) is 2. The van der Waals surface area contributed by atoms with E-state index in [0.717, 1.165) is 58.2 Å². The van der Waals surface area contributed by atoms with Crippen LogP contribution < -0.4 is 15.5 Å². The molecule has 0 bridgehead atoms. The molecule has 1 unspecified atom stereocenters. The second-order valence-electron chi connectivity index (χ2n) is 6.66. The molecule has 2 aliphatic rings. The summed E-state index contributed by atoms with van der Waals surface area (Å²) in [6.07, 6.45) is 5.33. The van der Waals surface area contributed by atoms with Crippen molar-refractivity contribution in [1.29, 1.82) is 0 Å². The first kappa shape index (κ1) is 17.9. The molecule has 2 fully saturated rings. The number of nitrogens with zero attached hydrogens (tertiary/aromatic N) is 4. The number of hydrogen-bond acceptors (Lipinski definition) is 6. The van der Waals surface area contributed by atoms with Crippen molar-refractivity contribution in [3.63, 3.8) is 0 Å². The van der Waals surface area contributed by atoms with Gasteiger partial charge in [-0.05, 0) is 25.8 Å². The van der Waals surface area contributed by atoms with Crippen LogP contribution >= 0.6 is 0 Å². The maximum atomic E-state index is 12.1. The van der Waals surface area contributed by atoms with Gasteiger partial charge < -0.3 is 20.3 Å². The van der Waals surface area contributed by atoms with Gasteiger partial charge in [0.1, 0.15) is 0 Å². The van der Waals surface area contributed by atoms with Gasteiger partial charge >= 0.3 is 6.03 Å². The number of carbonyl (C=O) groups excluding carboxylic acids is 1. The quantitative estimate of drug-likeness (QED) is 0.805. The molecule has 1 aromatic heterocycles. The monoisotopic (exact) mass is 348 g/mol. The average molecular weight is 348 g/mol. The van der Waals surface area contributed by atoms with Crippen molar-refractivity contribution in [1.82, 2.24) is 25.5 Å². The summed E-state index contributed by atoms with van der Waals surface area (Å²) in [5, 5.41) is 6.09. The minimum absolute atomic E-state index is 0.0745. The minimum atomic E-state index is -0.0745. The predicted molar refractivity (Wildman–Crippen MR) is 95.7 cm³/mol. The van der Waals surface area contributed by atoms with Crippen LogP contribution in [0.2, 0.25) is 0 Å². The van der Waals surface area contributed by atoms with Gasteiger partial charge in [-0.3, -0.25) is 4.90 Å². The number of carbonyl (C=O) groups is 1. The second kappa shape index (κ2) is 8.96. The molecule has 2 saturated heterocycles. The lowest BCUT2D eigenvalue weighted by molar-refractivity contribution is 0.0209. The van der Waals surface area contributed by atoms with Crippen LogP contribution in [0.1, 0.15) is 19.8 Å². The van der Waals surface area contributed by atoms with Gasteiger partial charge in [0.15, 0.2) is 0 Å². The van der Waals surface area contributed by atoms with Crippen LogP contribution in [-0.2, 0) is 4.74 Å². The summed E-state index contributed by atoms with van der Waals surface area (Å²) in [7, 11) is 0. The molecule has 2 amide bonds. The van der Waals surface area contributed by atoms with Crippen molar-refractivity contribution < 1.29 is 9.53 Å². The highest BCUT2D eigenvalue weighted by atomic mass is 16.5. The van der Waals surface area contributed by atoms with E-state index in [4.69, 9.17) is 4.74 Å². The van der Waals surface area contributed by atoms with Crippen molar-refractivity contribution in [2.75, 3.05) is 50.8 Å². The number of rotatable bonds is 5. The van der Waals surface area contributed by atoms with Gasteiger partial charge in [-0.1, -0.05) is 0 Å². The topological polar surface area (TPSA) is 82.6 Å². The first-order chi connectivity index (χ1) is 12.2. The van der Waals surface area contributed by atoms with Gasteiger partial charge in [0, 0.05) is 57.2 Å². The molecular formula is C17H28N6O2. The third-order valence-electron chi connectivity index (χ3n) is 4.89. The molecule has 25 heavy (non-hydrogen) atoms. The number of anilines is 1. The zero-order valence-electron chi connectivity index (χ0n) is 14.9. The summed E-state index contributed by atoms with van der Waals surface area (Å²) >= 11 is 0. The first-order valence-electron chi connectivity index (χ1n) is 9.10. The lowest BCUT2D eigenvalue weighted by atomic mass is 10.1. The lowest BCUT2D eigenvalue weighted by Crippen LogP contribution is -2.51. The fourth-order valence-electron chi connectivity index (χ4n) is 3.30. The number of hydrogen-bond donors (Lipinski definition) is 2. The first-order valence-corrected chi connectivity index (χ1v) is 9.10. The van der Waals surface area contributed by atoms with Crippen LogP contribution in [0.4, 0.5) is 10.7 Å². The van der Waals surface area contributed by atoms with Gasteiger partial charge in [-0.25, -0.2) is 14.8 Å². The second-order valence-corrected chi connectivity index (χ2v) is 6.66. The van der Waals surface area contributed by atoms with E-state index in [-0.39, 0.29) is 12.1 Å². The smallest absolute Gasteiger partial charge is 0.315 e. The SMILES string of the molecule is CC(CNC(=O)NC1CCN(c2ncccn2)CC1)N1CCOCC1. The molecule has 0 spiro atoms. The van der Waals surface area contributed by atoms with Crippen LogP contribution in [-0.4, -0.2) is 78.9 Å². The summed E-state index contributed by atoms with van der Waals surface area (Å²) in [6.45, 7) is 7.94. The molecule has 0 saturated carbocycles. The molecule has 1 aromatic rings. The molecule has 3 rings (SSSR count). The maximum Gasteiger partial charge on any atom is 0.315 e. The van der Waals surface area contributed by atoms with Crippen LogP contribution in [0, 0.1) is 0 Å². The third kappa shape index (κ3) is 5.27. The molecule has 3 heterocycles. The van der Waals surface area contributed by atoms with Crippen LogP contribution in [0.15, 0.2) is 18.5 Å². The van der Waals surface area contributed by atoms with Crippen molar-refractivity contribution in [3.05, 3.63) is 18.5 Å². The Morgan fingerprint density at radius 1 is 1.24 bits per heavy atom. The number of ether oxygens (including phenoxy) is 1. The molecule has 138 valence electrons. The summed E-state index contributed by atoms with van der Waals surface area (Å²) in [5.74, 6) is 0.768. The number of urea groups is 1. The van der Waals surface area contributed by atoms with Gasteiger partial charge in [-0.2, -0.15) is 0 Å². The Kier molecular flexibility index (Phi) is 6.41. The van der Waals surface area contributed by atoms with Crippen molar-refractivity contribution in [3.8, 4) is 0 Å². The van der Waals surface area contributed by atoms with E-state index < -0.39 is 0 Å². The summed E-state index contributed by atoms with van der Waals surface area (Å²) in [6, 6.07) is 2.28. The van der Waals surface area contributed by atoms with E-state index in [1.165, 1.54) is 0 Å². The van der Waals surface area contributed by atoms with E-state index in [1.807, 2.05) is 6.07 Å². The number of amides is 2. The summed E-state index contributed by atoms with van der Waals surface area (Å²) in [5.41, 5.74) is 0. The highest BCUT2D eigenvalue weighted by Gasteiger charge is 2.23. The Morgan fingerprint density at radius 2 is 1.92 bits per heavy atom. The van der Waals surface area contributed by atoms with Crippen LogP contribution in [0.3, 0.4) is 0 Å². The average Bonchev–Trinajstić information content (AvgIpc) is 2.68. The van der Waals surface area contributed by atoms with E-state index >= 15 is 0 Å². The highest BCUT2D eigenvalue weighted by Crippen LogP contribution is 2.15. The number of aromatic nitrogens is 2. The molecule has 2 N–H and O–H groups in total. The molecule has 0 aliphatic carbocycles. The Bertz CT molecular complexity index is 529. The van der Waals surface area contributed by atoms with Gasteiger partial charge in [0.25, 0.3) is 0 Å². The number of morpholine rings is 1. The van der Waals surface area contributed by atoms with E-state index in [2.05, 4.69) is 37.3 Å². The molecule has 1 atom stereocenters. The fourth-order valence-corrected chi connectivity index (χ4v) is 3.30. The Labute approximate surface area is 148 Å². The Morgan fingerprint density at radius 3 is 2.60 bits per heavy atom. The van der Waals surface area contributed by atoms with E-state index in [0.29, 0.717) is 12.6 Å². The fraction of sp³-hybridized carbons (Fsp3) is 0.706. The normalized spacial score (nSPS) is 20.9. The molecule has 0 radical (unpaired) electrons. The molecule has 8 heteroatoms.